The highest BCUT2D eigenvalue weighted by Crippen LogP contribution is 2.23. The minimum atomic E-state index is -3.65. The van der Waals surface area contributed by atoms with Gasteiger partial charge in [-0.25, -0.2) is 12.8 Å². The van der Waals surface area contributed by atoms with Gasteiger partial charge in [0.2, 0.25) is 15.9 Å². The van der Waals surface area contributed by atoms with Crippen molar-refractivity contribution < 1.29 is 17.6 Å². The van der Waals surface area contributed by atoms with Gasteiger partial charge in [0.1, 0.15) is 10.2 Å². The Morgan fingerprint density at radius 2 is 1.88 bits per heavy atom. The Morgan fingerprint density at radius 1 is 1.20 bits per heavy atom. The third-order valence-corrected chi connectivity index (χ3v) is 8.07. The molecule has 0 aromatic heterocycles. The lowest BCUT2D eigenvalue weighted by atomic mass is 10.3. The molecule has 1 fully saturated rings. The zero-order valence-electron chi connectivity index (χ0n) is 13.4. The van der Waals surface area contributed by atoms with Gasteiger partial charge in [0, 0.05) is 31.9 Å². The van der Waals surface area contributed by atoms with Crippen LogP contribution in [0.3, 0.4) is 0 Å². The predicted octanol–water partition coefficient (Wildman–Crippen LogP) is 1.49. The van der Waals surface area contributed by atoms with E-state index in [0.29, 0.717) is 18.8 Å². The number of sulfonamides is 1. The summed E-state index contributed by atoms with van der Waals surface area (Å²) in [5.74, 6) is 0.823. The summed E-state index contributed by atoms with van der Waals surface area (Å²) in [4.78, 5) is 18.3. The van der Waals surface area contributed by atoms with Crippen molar-refractivity contribution in [2.24, 2.45) is 4.99 Å². The molecule has 136 valence electrons. The van der Waals surface area contributed by atoms with Crippen LogP contribution in [0, 0.1) is 5.82 Å². The van der Waals surface area contributed by atoms with Gasteiger partial charge in [-0.15, -0.1) is 0 Å². The highest BCUT2D eigenvalue weighted by Gasteiger charge is 2.30. The Balaban J connectivity index is 1.54. The monoisotopic (exact) mass is 403 g/mol. The molecule has 0 radical (unpaired) electrons. The Morgan fingerprint density at radius 3 is 2.48 bits per heavy atom. The summed E-state index contributed by atoms with van der Waals surface area (Å²) in [6.45, 7) is 2.01. The second-order valence-electron chi connectivity index (χ2n) is 5.52. The average molecular weight is 404 g/mol. The highest BCUT2D eigenvalue weighted by molar-refractivity contribution is 8.39. The third kappa shape index (κ3) is 4.55. The molecular formula is C15H18FN3O3S3. The van der Waals surface area contributed by atoms with E-state index in [0.717, 1.165) is 28.8 Å². The molecule has 2 aliphatic rings. The molecule has 1 saturated heterocycles. The quantitative estimate of drug-likeness (QED) is 0.762. The number of amides is 1. The first-order chi connectivity index (χ1) is 12.0. The van der Waals surface area contributed by atoms with Crippen molar-refractivity contribution in [2.45, 2.75) is 4.90 Å². The lowest BCUT2D eigenvalue weighted by Crippen LogP contribution is -2.51. The molecule has 1 amide bonds. The smallest absolute Gasteiger partial charge is 0.243 e. The van der Waals surface area contributed by atoms with Gasteiger partial charge in [0.15, 0.2) is 0 Å². The number of carbonyl (C=O) groups excluding carboxylic acids is 1. The van der Waals surface area contributed by atoms with Crippen molar-refractivity contribution in [3.05, 3.63) is 30.1 Å². The molecule has 6 nitrogen and oxygen atoms in total. The van der Waals surface area contributed by atoms with E-state index in [1.165, 1.54) is 28.2 Å². The number of aliphatic imine (C=N–C) groups is 1. The second-order valence-corrected chi connectivity index (χ2v) is 9.77. The van der Waals surface area contributed by atoms with Crippen molar-refractivity contribution in [1.29, 1.82) is 0 Å². The molecule has 2 aliphatic heterocycles. The first-order valence-corrected chi connectivity index (χ1v) is 11.2. The van der Waals surface area contributed by atoms with Crippen LogP contribution in [0.1, 0.15) is 0 Å². The lowest BCUT2D eigenvalue weighted by Gasteiger charge is -2.34. The molecule has 1 aromatic rings. The lowest BCUT2D eigenvalue weighted by molar-refractivity contribution is -0.129. The molecule has 0 saturated carbocycles. The van der Waals surface area contributed by atoms with Crippen LogP contribution in [0.15, 0.2) is 34.2 Å². The Kier molecular flexibility index (Phi) is 6.03. The van der Waals surface area contributed by atoms with Crippen LogP contribution >= 0.6 is 23.5 Å². The first-order valence-electron chi connectivity index (χ1n) is 7.80. The van der Waals surface area contributed by atoms with E-state index >= 15 is 0 Å². The highest BCUT2D eigenvalue weighted by atomic mass is 32.2. The van der Waals surface area contributed by atoms with E-state index in [1.807, 2.05) is 0 Å². The van der Waals surface area contributed by atoms with Gasteiger partial charge in [0.05, 0.1) is 17.2 Å². The molecule has 1 aromatic carbocycles. The number of hydrogen-bond donors (Lipinski definition) is 0. The number of hydrogen-bond acceptors (Lipinski definition) is 6. The summed E-state index contributed by atoms with van der Waals surface area (Å²) in [7, 11) is -3.65. The number of benzene rings is 1. The number of piperazine rings is 1. The maximum atomic E-state index is 13.0. The van der Waals surface area contributed by atoms with Gasteiger partial charge in [-0.2, -0.15) is 4.31 Å². The summed E-state index contributed by atoms with van der Waals surface area (Å²) >= 11 is 3.11. The number of halogens is 1. The zero-order chi connectivity index (χ0) is 17.9. The van der Waals surface area contributed by atoms with Gasteiger partial charge < -0.3 is 4.90 Å². The van der Waals surface area contributed by atoms with Crippen molar-refractivity contribution in [3.8, 4) is 0 Å². The van der Waals surface area contributed by atoms with E-state index < -0.39 is 15.8 Å². The summed E-state index contributed by atoms with van der Waals surface area (Å²) < 4.78 is 40.4. The molecule has 0 unspecified atom stereocenters. The molecule has 0 bridgehead atoms. The fourth-order valence-electron chi connectivity index (χ4n) is 2.55. The van der Waals surface area contributed by atoms with Crippen LogP contribution in [0.2, 0.25) is 0 Å². The maximum absolute atomic E-state index is 13.0. The molecule has 0 aliphatic carbocycles. The molecule has 25 heavy (non-hydrogen) atoms. The normalized spacial score (nSPS) is 19.1. The van der Waals surface area contributed by atoms with Gasteiger partial charge in [0.25, 0.3) is 0 Å². The van der Waals surface area contributed by atoms with Gasteiger partial charge >= 0.3 is 0 Å². The fourth-order valence-corrected chi connectivity index (χ4v) is 5.89. The Hall–Kier alpha value is -1.10. The molecule has 2 heterocycles. The summed E-state index contributed by atoms with van der Waals surface area (Å²) in [6, 6.07) is 4.79. The predicted molar refractivity (Wildman–Crippen MR) is 99.0 cm³/mol. The second kappa shape index (κ2) is 8.07. The summed E-state index contributed by atoms with van der Waals surface area (Å²) in [5.41, 5.74) is 0. The fraction of sp³-hybridized carbons (Fsp3) is 0.467. The van der Waals surface area contributed by atoms with Crippen LogP contribution in [0.5, 0.6) is 0 Å². The molecule has 10 heteroatoms. The summed E-state index contributed by atoms with van der Waals surface area (Å²) in [5, 5.41) is 0. The minimum Gasteiger partial charge on any atom is -0.339 e. The first kappa shape index (κ1) is 18.7. The number of nitrogens with zero attached hydrogens (tertiary/aromatic N) is 3. The molecule has 3 rings (SSSR count). The van der Waals surface area contributed by atoms with E-state index in [-0.39, 0.29) is 23.9 Å². The SMILES string of the molecule is O=C(CSC1=NCCS1)N1CCN(S(=O)(=O)c2ccc(F)cc2)CC1. The molecule has 0 N–H and O–H groups in total. The number of rotatable bonds is 4. The number of thioether (sulfide) groups is 2. The topological polar surface area (TPSA) is 70.1 Å². The van der Waals surface area contributed by atoms with E-state index in [4.69, 9.17) is 0 Å². The van der Waals surface area contributed by atoms with Crippen molar-refractivity contribution in [1.82, 2.24) is 9.21 Å². The van der Waals surface area contributed by atoms with Crippen LogP contribution in [0.4, 0.5) is 4.39 Å². The van der Waals surface area contributed by atoms with E-state index in [9.17, 15) is 17.6 Å². The Bertz CT molecular complexity index is 760. The van der Waals surface area contributed by atoms with Gasteiger partial charge in [-0.1, -0.05) is 23.5 Å². The van der Waals surface area contributed by atoms with Crippen molar-refractivity contribution >= 4 is 43.8 Å². The average Bonchev–Trinajstić information content (AvgIpc) is 3.14. The number of carbonyl (C=O) groups is 1. The van der Waals surface area contributed by atoms with Crippen LogP contribution in [-0.2, 0) is 14.8 Å². The van der Waals surface area contributed by atoms with Crippen LogP contribution in [0.25, 0.3) is 0 Å². The Labute approximate surface area is 154 Å². The summed E-state index contributed by atoms with van der Waals surface area (Å²) in [6.07, 6.45) is 0. The minimum absolute atomic E-state index is 0.000898. The molecule has 0 spiro atoms. The zero-order valence-corrected chi connectivity index (χ0v) is 15.9. The largest absolute Gasteiger partial charge is 0.339 e. The van der Waals surface area contributed by atoms with Crippen molar-refractivity contribution in [2.75, 3.05) is 44.2 Å². The van der Waals surface area contributed by atoms with Crippen LogP contribution < -0.4 is 0 Å². The van der Waals surface area contributed by atoms with E-state index in [2.05, 4.69) is 4.99 Å². The third-order valence-electron chi connectivity index (χ3n) is 3.92. The molecule has 0 atom stereocenters. The molecular weight excluding hydrogens is 385 g/mol. The van der Waals surface area contributed by atoms with Crippen LogP contribution in [-0.4, -0.2) is 72.1 Å². The van der Waals surface area contributed by atoms with Crippen molar-refractivity contribution in [3.63, 3.8) is 0 Å². The maximum Gasteiger partial charge on any atom is 0.243 e. The standard InChI is InChI=1S/C15H18FN3O3S3/c16-12-1-3-13(4-2-12)25(21,22)19-8-6-18(7-9-19)14(20)11-24-15-17-5-10-23-15/h1-4H,5-11H2. The van der Waals surface area contributed by atoms with Gasteiger partial charge in [-0.05, 0) is 24.3 Å². The van der Waals surface area contributed by atoms with E-state index in [1.54, 1.807) is 16.7 Å². The van der Waals surface area contributed by atoms with Gasteiger partial charge in [-0.3, -0.25) is 9.79 Å².